The van der Waals surface area contributed by atoms with Gasteiger partial charge in [-0.1, -0.05) is 20.6 Å². The molecule has 0 spiro atoms. The fourth-order valence-corrected chi connectivity index (χ4v) is 0. The van der Waals surface area contributed by atoms with Crippen molar-refractivity contribution in [1.82, 2.24) is 0 Å². The van der Waals surface area contributed by atoms with E-state index >= 15 is 0 Å². The zero-order valence-electron chi connectivity index (χ0n) is 5.69. The molecule has 0 aliphatic carbocycles. The molecule has 0 aliphatic heterocycles. The molecule has 0 saturated heterocycles. The third kappa shape index (κ3) is 81.7. The van der Waals surface area contributed by atoms with Crippen LogP contribution in [0.15, 0.2) is 25.3 Å². The number of rotatable bonds is 2. The lowest BCUT2D eigenvalue weighted by Crippen LogP contribution is -1.82. The molecule has 0 amide bonds. The van der Waals surface area contributed by atoms with Gasteiger partial charge in [-0.25, -0.2) is 9.59 Å². The average Bonchev–Trinajstić information content (AvgIpc) is 1.89. The molecule has 0 saturated carbocycles. The van der Waals surface area contributed by atoms with Gasteiger partial charge in [0, 0.05) is 12.2 Å². The van der Waals surface area contributed by atoms with Crippen LogP contribution >= 0.6 is 0 Å². The van der Waals surface area contributed by atoms with E-state index in [9.17, 15) is 9.59 Å². The van der Waals surface area contributed by atoms with E-state index in [1.165, 1.54) is 0 Å². The summed E-state index contributed by atoms with van der Waals surface area (Å²) < 4.78 is 0. The third-order valence-electron chi connectivity index (χ3n) is 0.349. The van der Waals surface area contributed by atoms with Crippen molar-refractivity contribution < 1.29 is 24.5 Å². The molecule has 4 nitrogen and oxygen atoms in total. The first-order valence-corrected chi connectivity index (χ1v) is 2.25. The van der Waals surface area contributed by atoms with E-state index < -0.39 is 11.9 Å². The maximum absolute atomic E-state index is 9.25. The Morgan fingerprint density at radius 3 is 1.08 bits per heavy atom. The average molecular weight is 180 g/mol. The highest BCUT2D eigenvalue weighted by Gasteiger charge is 1.73. The minimum absolute atomic E-state index is 0. The second-order valence-electron chi connectivity index (χ2n) is 1.08. The fourth-order valence-electron chi connectivity index (χ4n) is 0. The van der Waals surface area contributed by atoms with E-state index in [0.29, 0.717) is 0 Å². The van der Waals surface area contributed by atoms with Gasteiger partial charge in [-0.2, -0.15) is 0 Å². The van der Waals surface area contributed by atoms with Crippen molar-refractivity contribution in [3.05, 3.63) is 25.3 Å². The Hall–Kier alpha value is -1.65. The number of hydrogen-bond donors (Lipinski definition) is 2. The number of carbonyl (C=O) groups is 2. The largest absolute Gasteiger partial charge is 0.478 e. The molecule has 0 aromatic heterocycles. The van der Waals surface area contributed by atoms with E-state index in [1.807, 2.05) is 0 Å². The molecular formula is C7H13FO4. The molecule has 0 radical (unpaired) electrons. The Morgan fingerprint density at radius 1 is 1.00 bits per heavy atom. The van der Waals surface area contributed by atoms with Gasteiger partial charge in [0.05, 0.1) is 0 Å². The predicted molar refractivity (Wildman–Crippen MR) is 44.9 cm³/mol. The molecule has 2 N–H and O–H groups in total. The van der Waals surface area contributed by atoms with Gasteiger partial charge < -0.3 is 10.2 Å². The fraction of sp³-hybridized carbons (Fsp3) is 0.143. The highest BCUT2D eigenvalue weighted by atomic mass is 19.0. The Morgan fingerprint density at radius 2 is 1.08 bits per heavy atom. The number of hydrogen-bond acceptors (Lipinski definition) is 2. The lowest BCUT2D eigenvalue weighted by atomic mass is 10.7. The minimum atomic E-state index is -0.981. The van der Waals surface area contributed by atoms with Gasteiger partial charge in [-0.05, 0) is 0 Å². The van der Waals surface area contributed by atoms with Crippen molar-refractivity contribution in [2.24, 2.45) is 0 Å². The van der Waals surface area contributed by atoms with Gasteiger partial charge in [0.2, 0.25) is 0 Å². The third-order valence-corrected chi connectivity index (χ3v) is 0.349. The van der Waals surface area contributed by atoms with Gasteiger partial charge in [-0.15, -0.1) is 0 Å². The van der Waals surface area contributed by atoms with Gasteiger partial charge in [-0.3, -0.25) is 4.70 Å². The molecule has 0 fully saturated rings. The summed E-state index contributed by atoms with van der Waals surface area (Å²) in [5.41, 5.74) is 0. The van der Waals surface area contributed by atoms with Crippen LogP contribution in [0, 0.1) is 0 Å². The van der Waals surface area contributed by atoms with Crippen LogP contribution in [0.4, 0.5) is 4.70 Å². The molecule has 0 heterocycles. The van der Waals surface area contributed by atoms with Crippen LogP contribution in [0.5, 0.6) is 0 Å². The Balaban J connectivity index is -0.0000000457. The number of aliphatic carboxylic acids is 2. The lowest BCUT2D eigenvalue weighted by molar-refractivity contribution is -0.132. The van der Waals surface area contributed by atoms with E-state index in [4.69, 9.17) is 10.2 Å². The van der Waals surface area contributed by atoms with Crippen LogP contribution in [0.25, 0.3) is 0 Å². The Labute approximate surface area is 70.2 Å². The monoisotopic (exact) mass is 180 g/mol. The first-order chi connectivity index (χ1) is 4.54. The first-order valence-electron chi connectivity index (χ1n) is 2.25. The molecular weight excluding hydrogens is 167 g/mol. The Bertz CT molecular complexity index is 135. The van der Waals surface area contributed by atoms with Crippen molar-refractivity contribution in [2.45, 2.75) is 7.43 Å². The second kappa shape index (κ2) is 16.2. The smallest absolute Gasteiger partial charge is 0.327 e. The number of halogens is 1. The molecule has 5 heteroatoms. The molecule has 0 bridgehead atoms. The van der Waals surface area contributed by atoms with E-state index in [-0.39, 0.29) is 12.1 Å². The summed E-state index contributed by atoms with van der Waals surface area (Å²) in [7, 11) is 0. The van der Waals surface area contributed by atoms with Gasteiger partial charge in [0.25, 0.3) is 0 Å². The molecule has 0 atom stereocenters. The van der Waals surface area contributed by atoms with Crippen molar-refractivity contribution in [1.29, 1.82) is 0 Å². The normalized spacial score (nSPS) is 5.33. The van der Waals surface area contributed by atoms with Gasteiger partial charge in [0.15, 0.2) is 0 Å². The maximum Gasteiger partial charge on any atom is 0.327 e. The Kier molecular flexibility index (Phi) is 30.2. The summed E-state index contributed by atoms with van der Waals surface area (Å²) in [6, 6.07) is 0. The molecule has 0 rings (SSSR count). The van der Waals surface area contributed by atoms with Crippen molar-refractivity contribution in [3.8, 4) is 0 Å². The van der Waals surface area contributed by atoms with Crippen LogP contribution in [0.1, 0.15) is 7.43 Å². The first kappa shape index (κ1) is 22.4. The highest BCUT2D eigenvalue weighted by molar-refractivity contribution is 5.79. The standard InChI is InChI=1S/2C3H4O2.CH4.FH/c2*1-2-3(4)5;;/h2*2H,1H2,(H,4,5);1H4;1H. The molecule has 12 heavy (non-hydrogen) atoms. The van der Waals surface area contributed by atoms with E-state index in [1.54, 1.807) is 0 Å². The zero-order valence-corrected chi connectivity index (χ0v) is 5.69. The molecule has 0 aliphatic rings. The van der Waals surface area contributed by atoms with Gasteiger partial charge >= 0.3 is 11.9 Å². The molecule has 0 aromatic rings. The van der Waals surface area contributed by atoms with Crippen LogP contribution < -0.4 is 0 Å². The maximum atomic E-state index is 9.25. The summed E-state index contributed by atoms with van der Waals surface area (Å²) in [6.07, 6.45) is 1.67. The van der Waals surface area contributed by atoms with E-state index in [0.717, 1.165) is 12.2 Å². The van der Waals surface area contributed by atoms with Gasteiger partial charge in [0.1, 0.15) is 0 Å². The SMILES string of the molecule is C.C=CC(=O)O.C=CC(=O)O.F. The minimum Gasteiger partial charge on any atom is -0.478 e. The van der Waals surface area contributed by atoms with Crippen LogP contribution in [-0.2, 0) is 9.59 Å². The van der Waals surface area contributed by atoms with E-state index in [2.05, 4.69) is 13.2 Å². The molecule has 0 unspecified atom stereocenters. The van der Waals surface area contributed by atoms with Crippen LogP contribution in [0.2, 0.25) is 0 Å². The summed E-state index contributed by atoms with van der Waals surface area (Å²) in [5, 5.41) is 15.2. The lowest BCUT2D eigenvalue weighted by Gasteiger charge is -1.64. The topological polar surface area (TPSA) is 74.6 Å². The summed E-state index contributed by atoms with van der Waals surface area (Å²) in [4.78, 5) is 18.5. The van der Waals surface area contributed by atoms with Crippen LogP contribution in [0.3, 0.4) is 0 Å². The molecule has 72 valence electrons. The number of carboxylic acids is 2. The van der Waals surface area contributed by atoms with Crippen LogP contribution in [-0.4, -0.2) is 22.2 Å². The summed E-state index contributed by atoms with van der Waals surface area (Å²) >= 11 is 0. The quantitative estimate of drug-likeness (QED) is 0.628. The summed E-state index contributed by atoms with van der Waals surface area (Å²) in [5.74, 6) is -1.96. The highest BCUT2D eigenvalue weighted by Crippen LogP contribution is 1.55. The molecule has 0 aromatic carbocycles. The predicted octanol–water partition coefficient (Wildman–Crippen LogP) is 1.30. The second-order valence-corrected chi connectivity index (χ2v) is 1.08. The van der Waals surface area contributed by atoms with Crippen molar-refractivity contribution in [3.63, 3.8) is 0 Å². The van der Waals surface area contributed by atoms with Crippen molar-refractivity contribution >= 4 is 11.9 Å². The van der Waals surface area contributed by atoms with Crippen molar-refractivity contribution in [2.75, 3.05) is 0 Å². The number of carboxylic acid groups (broad SMARTS) is 2. The summed E-state index contributed by atoms with van der Waals surface area (Å²) in [6.45, 7) is 5.92. The zero-order chi connectivity index (χ0) is 8.57.